The molecule has 27 heavy (non-hydrogen) atoms. The molecule has 3 aromatic rings. The molecule has 1 amide bonds. The van der Waals surface area contributed by atoms with E-state index in [2.05, 4.69) is 15.1 Å². The van der Waals surface area contributed by atoms with Crippen LogP contribution in [0.25, 0.3) is 11.6 Å². The first kappa shape index (κ1) is 17.7. The van der Waals surface area contributed by atoms with Crippen molar-refractivity contribution in [2.45, 2.75) is 25.2 Å². The molecule has 0 radical (unpaired) electrons. The summed E-state index contributed by atoms with van der Waals surface area (Å²) >= 11 is 6.01. The molecule has 1 atom stereocenters. The largest absolute Gasteiger partial charge is 0.342 e. The summed E-state index contributed by atoms with van der Waals surface area (Å²) in [4.78, 5) is 23.3. The van der Waals surface area contributed by atoms with Gasteiger partial charge in [0.15, 0.2) is 5.82 Å². The Morgan fingerprint density at radius 2 is 2.19 bits per heavy atom. The number of aromatic nitrogens is 3. The van der Waals surface area contributed by atoms with Crippen LogP contribution < -0.4 is 0 Å². The second kappa shape index (κ2) is 7.88. The maximum atomic E-state index is 12.7. The molecular formula is C20H19ClN4O2. The van der Waals surface area contributed by atoms with Crippen molar-refractivity contribution in [3.8, 4) is 11.6 Å². The van der Waals surface area contributed by atoms with Crippen LogP contribution in [0.2, 0.25) is 5.02 Å². The van der Waals surface area contributed by atoms with E-state index in [9.17, 15) is 4.79 Å². The average molecular weight is 383 g/mol. The molecule has 1 aliphatic rings. The second-order valence-electron chi connectivity index (χ2n) is 6.66. The van der Waals surface area contributed by atoms with Crippen molar-refractivity contribution in [1.29, 1.82) is 0 Å². The fourth-order valence-electron chi connectivity index (χ4n) is 3.34. The lowest BCUT2D eigenvalue weighted by Crippen LogP contribution is -2.40. The quantitative estimate of drug-likeness (QED) is 0.687. The molecular weight excluding hydrogens is 364 g/mol. The predicted octanol–water partition coefficient (Wildman–Crippen LogP) is 3.73. The normalized spacial score (nSPS) is 17.1. The van der Waals surface area contributed by atoms with E-state index >= 15 is 0 Å². The SMILES string of the molecule is O=C(Cc1cccc(Cl)c1)N1CCCC(c2noc(-c3ccccn3)n2)C1. The number of amides is 1. The molecule has 0 spiro atoms. The molecule has 4 rings (SSSR count). The van der Waals surface area contributed by atoms with Gasteiger partial charge < -0.3 is 9.42 Å². The Morgan fingerprint density at radius 1 is 1.26 bits per heavy atom. The van der Waals surface area contributed by atoms with E-state index < -0.39 is 0 Å². The summed E-state index contributed by atoms with van der Waals surface area (Å²) in [6, 6.07) is 13.0. The van der Waals surface area contributed by atoms with E-state index in [4.69, 9.17) is 16.1 Å². The third-order valence-electron chi connectivity index (χ3n) is 4.71. The van der Waals surface area contributed by atoms with Crippen molar-refractivity contribution in [3.05, 3.63) is 65.1 Å². The van der Waals surface area contributed by atoms with E-state index in [1.54, 1.807) is 6.20 Å². The number of pyridine rings is 1. The lowest BCUT2D eigenvalue weighted by molar-refractivity contribution is -0.131. The number of carbonyl (C=O) groups is 1. The van der Waals surface area contributed by atoms with Crippen molar-refractivity contribution in [2.75, 3.05) is 13.1 Å². The van der Waals surface area contributed by atoms with Gasteiger partial charge >= 0.3 is 0 Å². The Hall–Kier alpha value is -2.73. The molecule has 6 nitrogen and oxygen atoms in total. The van der Waals surface area contributed by atoms with E-state index in [1.807, 2.05) is 47.4 Å². The first-order chi connectivity index (χ1) is 13.2. The third kappa shape index (κ3) is 4.17. The van der Waals surface area contributed by atoms with Crippen LogP contribution in [0, 0.1) is 0 Å². The Bertz CT molecular complexity index is 928. The van der Waals surface area contributed by atoms with Crippen LogP contribution in [0.4, 0.5) is 0 Å². The molecule has 1 unspecified atom stereocenters. The van der Waals surface area contributed by atoms with E-state index in [0.29, 0.717) is 35.4 Å². The van der Waals surface area contributed by atoms with Gasteiger partial charge in [-0.15, -0.1) is 0 Å². The lowest BCUT2D eigenvalue weighted by Gasteiger charge is -2.31. The topological polar surface area (TPSA) is 72.1 Å². The standard InChI is InChI=1S/C20H19ClN4O2/c21-16-7-3-5-14(11-16)12-18(26)25-10-4-6-15(13-25)19-23-20(27-24-19)17-8-1-2-9-22-17/h1-3,5,7-9,11,15H,4,6,10,12-13H2. The molecule has 0 saturated carbocycles. The molecule has 1 aliphatic heterocycles. The van der Waals surface area contributed by atoms with E-state index in [-0.39, 0.29) is 11.8 Å². The van der Waals surface area contributed by atoms with Gasteiger partial charge in [-0.3, -0.25) is 9.78 Å². The number of piperidine rings is 1. The number of benzene rings is 1. The Balaban J connectivity index is 1.44. The fourth-order valence-corrected chi connectivity index (χ4v) is 3.55. The maximum Gasteiger partial charge on any atom is 0.276 e. The second-order valence-corrected chi connectivity index (χ2v) is 7.09. The van der Waals surface area contributed by atoms with Gasteiger partial charge in [0.25, 0.3) is 5.89 Å². The van der Waals surface area contributed by atoms with E-state index in [1.165, 1.54) is 0 Å². The first-order valence-electron chi connectivity index (χ1n) is 8.96. The van der Waals surface area contributed by atoms with Crippen LogP contribution in [0.5, 0.6) is 0 Å². The molecule has 0 aliphatic carbocycles. The number of rotatable bonds is 4. The van der Waals surface area contributed by atoms with Crippen molar-refractivity contribution in [2.24, 2.45) is 0 Å². The number of likely N-dealkylation sites (tertiary alicyclic amines) is 1. The maximum absolute atomic E-state index is 12.7. The highest BCUT2D eigenvalue weighted by molar-refractivity contribution is 6.30. The van der Waals surface area contributed by atoms with Gasteiger partial charge in [-0.05, 0) is 42.7 Å². The Kier molecular flexibility index (Phi) is 5.16. The van der Waals surface area contributed by atoms with Crippen LogP contribution in [0.1, 0.15) is 30.1 Å². The number of carbonyl (C=O) groups excluding carboxylic acids is 1. The molecule has 138 valence electrons. The van der Waals surface area contributed by atoms with Gasteiger partial charge in [-0.1, -0.05) is 35.0 Å². The average Bonchev–Trinajstić information content (AvgIpc) is 3.19. The number of nitrogens with zero attached hydrogens (tertiary/aromatic N) is 4. The zero-order chi connectivity index (χ0) is 18.6. The van der Waals surface area contributed by atoms with Crippen molar-refractivity contribution in [1.82, 2.24) is 20.0 Å². The van der Waals surface area contributed by atoms with E-state index in [0.717, 1.165) is 24.9 Å². The highest BCUT2D eigenvalue weighted by Gasteiger charge is 2.28. The van der Waals surface area contributed by atoms with Crippen LogP contribution in [-0.4, -0.2) is 39.0 Å². The van der Waals surface area contributed by atoms with Gasteiger partial charge in [0.2, 0.25) is 5.91 Å². The summed E-state index contributed by atoms with van der Waals surface area (Å²) in [5.41, 5.74) is 1.58. The Labute approximate surface area is 162 Å². The lowest BCUT2D eigenvalue weighted by atomic mass is 9.96. The fraction of sp³-hybridized carbons (Fsp3) is 0.300. The third-order valence-corrected chi connectivity index (χ3v) is 4.94. The summed E-state index contributed by atoms with van der Waals surface area (Å²) in [7, 11) is 0. The van der Waals surface area contributed by atoms with Crippen LogP contribution in [0.15, 0.2) is 53.2 Å². The predicted molar refractivity (Wildman–Crippen MR) is 101 cm³/mol. The summed E-state index contributed by atoms with van der Waals surface area (Å²) in [5.74, 6) is 1.21. The van der Waals surface area contributed by atoms with Gasteiger partial charge in [0.05, 0.1) is 6.42 Å². The minimum absolute atomic E-state index is 0.0725. The highest BCUT2D eigenvalue weighted by Crippen LogP contribution is 2.27. The minimum atomic E-state index is 0.0725. The Morgan fingerprint density at radius 3 is 3.00 bits per heavy atom. The number of hydrogen-bond donors (Lipinski definition) is 0. The number of halogens is 1. The van der Waals surface area contributed by atoms with Gasteiger partial charge in [0.1, 0.15) is 5.69 Å². The summed E-state index contributed by atoms with van der Waals surface area (Å²) < 4.78 is 5.37. The molecule has 1 saturated heterocycles. The molecule has 1 fully saturated rings. The molecule has 2 aromatic heterocycles. The van der Waals surface area contributed by atoms with Gasteiger partial charge in [-0.25, -0.2) is 0 Å². The molecule has 0 bridgehead atoms. The minimum Gasteiger partial charge on any atom is -0.342 e. The number of hydrogen-bond acceptors (Lipinski definition) is 5. The zero-order valence-electron chi connectivity index (χ0n) is 14.7. The van der Waals surface area contributed by atoms with Crippen LogP contribution in [-0.2, 0) is 11.2 Å². The highest BCUT2D eigenvalue weighted by atomic mass is 35.5. The van der Waals surface area contributed by atoms with Crippen molar-refractivity contribution in [3.63, 3.8) is 0 Å². The monoisotopic (exact) mass is 382 g/mol. The first-order valence-corrected chi connectivity index (χ1v) is 9.34. The smallest absolute Gasteiger partial charge is 0.276 e. The summed E-state index contributed by atoms with van der Waals surface area (Å²) in [6.45, 7) is 1.35. The van der Waals surface area contributed by atoms with Crippen LogP contribution in [0.3, 0.4) is 0 Å². The van der Waals surface area contributed by atoms with Gasteiger partial charge in [-0.2, -0.15) is 4.98 Å². The molecule has 3 heterocycles. The molecule has 1 aromatic carbocycles. The summed E-state index contributed by atoms with van der Waals surface area (Å²) in [6.07, 6.45) is 3.89. The molecule has 7 heteroatoms. The zero-order valence-corrected chi connectivity index (χ0v) is 15.5. The molecule has 0 N–H and O–H groups in total. The van der Waals surface area contributed by atoms with Gasteiger partial charge in [0, 0.05) is 30.2 Å². The van der Waals surface area contributed by atoms with Crippen molar-refractivity contribution < 1.29 is 9.32 Å². The summed E-state index contributed by atoms with van der Waals surface area (Å²) in [5, 5.41) is 4.77. The van der Waals surface area contributed by atoms with Crippen molar-refractivity contribution >= 4 is 17.5 Å². The van der Waals surface area contributed by atoms with Crippen LogP contribution >= 0.6 is 11.6 Å².